The molecule has 1 saturated heterocycles. The summed E-state index contributed by atoms with van der Waals surface area (Å²) < 4.78 is 24.4. The quantitative estimate of drug-likeness (QED) is 0.212. The molecular formula is C34H42N6O8. The monoisotopic (exact) mass is 662 g/mol. The largest absolute Gasteiger partial charge is 0.461 e. The van der Waals surface area contributed by atoms with Crippen molar-refractivity contribution in [2.24, 2.45) is 5.92 Å². The first kappa shape index (κ1) is 34.6. The minimum Gasteiger partial charge on any atom is -0.461 e. The molecule has 48 heavy (non-hydrogen) atoms. The summed E-state index contributed by atoms with van der Waals surface area (Å²) in [7, 11) is 0. The third kappa shape index (κ3) is 7.86. The first-order valence-electron chi connectivity index (χ1n) is 16.2. The Bertz CT molecular complexity index is 1640. The molecule has 1 aliphatic carbocycles. The van der Waals surface area contributed by atoms with Gasteiger partial charge in [0.1, 0.15) is 48.4 Å². The van der Waals surface area contributed by atoms with Gasteiger partial charge in [0.15, 0.2) is 11.9 Å². The fourth-order valence-corrected chi connectivity index (χ4v) is 6.26. The van der Waals surface area contributed by atoms with E-state index in [2.05, 4.69) is 15.4 Å². The van der Waals surface area contributed by atoms with E-state index >= 15 is 0 Å². The highest BCUT2D eigenvalue weighted by Crippen LogP contribution is 2.42. The molecule has 14 heteroatoms. The zero-order valence-corrected chi connectivity index (χ0v) is 27.3. The second-order valence-corrected chi connectivity index (χ2v) is 13.3. The number of fused-ring (bicyclic) bond motifs is 1. The Labute approximate surface area is 278 Å². The van der Waals surface area contributed by atoms with Crippen LogP contribution in [-0.4, -0.2) is 74.3 Å². The van der Waals surface area contributed by atoms with Gasteiger partial charge in [-0.05, 0) is 57.2 Å². The minimum absolute atomic E-state index is 0.0896. The van der Waals surface area contributed by atoms with Gasteiger partial charge in [0.25, 0.3) is 0 Å². The molecule has 5 rings (SSSR count). The van der Waals surface area contributed by atoms with Crippen molar-refractivity contribution in [1.82, 2.24) is 19.9 Å². The number of carbonyl (C=O) groups is 3. The summed E-state index contributed by atoms with van der Waals surface area (Å²) in [5.41, 5.74) is 4.35. The number of rotatable bonds is 10. The molecule has 5 atom stereocenters. The maximum atomic E-state index is 13.5. The number of nitriles is 1. The first-order valence-corrected chi connectivity index (χ1v) is 16.2. The third-order valence-corrected chi connectivity index (χ3v) is 8.56. The Hall–Kier alpha value is -4.74. The summed E-state index contributed by atoms with van der Waals surface area (Å²) in [5.74, 6) is -1.09. The van der Waals surface area contributed by atoms with Crippen LogP contribution in [0.5, 0.6) is 0 Å². The van der Waals surface area contributed by atoms with E-state index in [1.165, 1.54) is 16.9 Å². The van der Waals surface area contributed by atoms with Gasteiger partial charge in [-0.15, -0.1) is 0 Å². The normalized spacial score (nSPS) is 23.6. The molecule has 0 radical (unpaired) electrons. The number of aliphatic hydroxyl groups excluding tert-OH is 1. The van der Waals surface area contributed by atoms with Crippen molar-refractivity contribution in [3.63, 3.8) is 0 Å². The Morgan fingerprint density at radius 2 is 1.90 bits per heavy atom. The number of nitrogens with one attached hydrogen (secondary N) is 1. The maximum Gasteiger partial charge on any atom is 0.408 e. The number of aliphatic hydroxyl groups is 1. The summed E-state index contributed by atoms with van der Waals surface area (Å²) in [4.78, 5) is 43.4. The maximum absolute atomic E-state index is 13.5. The lowest BCUT2D eigenvalue weighted by molar-refractivity contribution is -0.162. The molecule has 1 saturated carbocycles. The van der Waals surface area contributed by atoms with E-state index in [9.17, 15) is 24.8 Å². The summed E-state index contributed by atoms with van der Waals surface area (Å²) in [5, 5.41) is 29.0. The lowest BCUT2D eigenvalue weighted by Gasteiger charge is -2.26. The lowest BCUT2D eigenvalue weighted by Crippen LogP contribution is -2.46. The van der Waals surface area contributed by atoms with Gasteiger partial charge in [0.05, 0.1) is 5.69 Å². The lowest BCUT2D eigenvalue weighted by atomic mass is 9.87. The molecular weight excluding hydrogens is 620 g/mol. The molecule has 0 unspecified atom stereocenters. The Kier molecular flexibility index (Phi) is 10.5. The van der Waals surface area contributed by atoms with Crippen LogP contribution in [0.15, 0.2) is 48.8 Å². The van der Waals surface area contributed by atoms with Gasteiger partial charge in [-0.3, -0.25) is 4.79 Å². The van der Waals surface area contributed by atoms with Crippen LogP contribution in [-0.2, 0) is 40.6 Å². The van der Waals surface area contributed by atoms with E-state index in [0.717, 1.165) is 37.7 Å². The van der Waals surface area contributed by atoms with Crippen molar-refractivity contribution < 1.29 is 38.4 Å². The number of esters is 2. The number of anilines is 1. The van der Waals surface area contributed by atoms with Crippen molar-refractivity contribution >= 4 is 29.4 Å². The molecule has 0 bridgehead atoms. The average molecular weight is 663 g/mol. The van der Waals surface area contributed by atoms with Crippen molar-refractivity contribution in [2.75, 3.05) is 12.3 Å². The Morgan fingerprint density at radius 3 is 2.58 bits per heavy atom. The summed E-state index contributed by atoms with van der Waals surface area (Å²) >= 11 is 0. The molecule has 2 aliphatic rings. The van der Waals surface area contributed by atoms with E-state index < -0.39 is 60.2 Å². The van der Waals surface area contributed by atoms with Gasteiger partial charge >= 0.3 is 18.0 Å². The first-order chi connectivity index (χ1) is 22.9. The van der Waals surface area contributed by atoms with Crippen LogP contribution in [0.3, 0.4) is 0 Å². The molecule has 2 aromatic heterocycles. The van der Waals surface area contributed by atoms with Gasteiger partial charge in [-0.25, -0.2) is 19.1 Å². The van der Waals surface area contributed by atoms with E-state index in [1.54, 1.807) is 51.1 Å². The van der Waals surface area contributed by atoms with E-state index in [0.29, 0.717) is 5.52 Å². The van der Waals surface area contributed by atoms with Crippen molar-refractivity contribution in [3.8, 4) is 6.07 Å². The van der Waals surface area contributed by atoms with Crippen LogP contribution in [0.1, 0.15) is 70.6 Å². The van der Waals surface area contributed by atoms with Crippen molar-refractivity contribution in [1.29, 1.82) is 5.26 Å². The van der Waals surface area contributed by atoms with E-state index in [-0.39, 0.29) is 30.3 Å². The van der Waals surface area contributed by atoms with Crippen LogP contribution in [0, 0.1) is 17.2 Å². The smallest absolute Gasteiger partial charge is 0.408 e. The number of hydrogen-bond donors (Lipinski definition) is 3. The van der Waals surface area contributed by atoms with Gasteiger partial charge in [0.2, 0.25) is 5.60 Å². The summed E-state index contributed by atoms with van der Waals surface area (Å²) in [6.07, 6.45) is 1.23. The van der Waals surface area contributed by atoms with Gasteiger partial charge < -0.3 is 35.1 Å². The fraction of sp³-hybridized carbons (Fsp3) is 0.529. The average Bonchev–Trinajstić information content (AvgIpc) is 3.60. The zero-order valence-electron chi connectivity index (χ0n) is 27.3. The number of aromatic nitrogens is 3. The van der Waals surface area contributed by atoms with Gasteiger partial charge in [-0.2, -0.15) is 10.4 Å². The van der Waals surface area contributed by atoms with Crippen molar-refractivity contribution in [2.45, 2.75) is 101 Å². The molecule has 4 N–H and O–H groups in total. The number of nitrogens with two attached hydrogens (primary N) is 1. The zero-order chi connectivity index (χ0) is 34.5. The number of nitrogens with zero attached hydrogens (tertiary/aromatic N) is 4. The number of hydrogen-bond acceptors (Lipinski definition) is 12. The van der Waals surface area contributed by atoms with Gasteiger partial charge in [0, 0.05) is 12.8 Å². The van der Waals surface area contributed by atoms with Crippen LogP contribution in [0.25, 0.3) is 5.52 Å². The molecule has 2 fully saturated rings. The Balaban J connectivity index is 1.39. The standard InChI is InChI=1S/C34H42N6O8/c1-33(2,3)48-32(44)39-23(16-21-10-6-4-7-11-21)31(43)45-18-25-28(46-27(41)17-22-12-8-5-9-13-22)29(42)34(19-35,47-25)26-15-14-24-30(36)37-20-38-40(24)26/h4,6-7,10-11,14-15,20,22-23,25,28-29,42H,5,8-9,12-13,16-18H2,1-3H3,(H,39,44)(H2,36,37,38)/t23-,25+,28+,29+,34-/m0/s1. The number of carbonyl (C=O) groups excluding carboxylic acids is 3. The topological polar surface area (TPSA) is 200 Å². The summed E-state index contributed by atoms with van der Waals surface area (Å²) in [6.45, 7) is 4.59. The van der Waals surface area contributed by atoms with E-state index in [1.807, 2.05) is 12.1 Å². The highest BCUT2D eigenvalue weighted by Gasteiger charge is 2.60. The van der Waals surface area contributed by atoms with Crippen LogP contribution in [0.4, 0.5) is 10.6 Å². The minimum atomic E-state index is -2.09. The number of nitrogen functional groups attached to an aromatic ring is 1. The van der Waals surface area contributed by atoms with Crippen molar-refractivity contribution in [3.05, 3.63) is 60.0 Å². The molecule has 3 heterocycles. The molecule has 1 aromatic carbocycles. The molecule has 3 aromatic rings. The summed E-state index contributed by atoms with van der Waals surface area (Å²) in [6, 6.07) is 13.0. The number of alkyl carbamates (subject to hydrolysis) is 1. The highest BCUT2D eigenvalue weighted by atomic mass is 16.6. The molecule has 256 valence electrons. The predicted molar refractivity (Wildman–Crippen MR) is 171 cm³/mol. The van der Waals surface area contributed by atoms with Gasteiger partial charge in [-0.1, -0.05) is 49.6 Å². The number of ether oxygens (including phenoxy) is 4. The predicted octanol–water partition coefficient (Wildman–Crippen LogP) is 3.35. The molecule has 0 spiro atoms. The third-order valence-electron chi connectivity index (χ3n) is 8.56. The molecule has 1 amide bonds. The number of benzene rings is 1. The molecule has 14 nitrogen and oxygen atoms in total. The van der Waals surface area contributed by atoms with Crippen LogP contribution >= 0.6 is 0 Å². The second kappa shape index (κ2) is 14.6. The van der Waals surface area contributed by atoms with Crippen LogP contribution in [0.2, 0.25) is 0 Å². The molecule has 1 aliphatic heterocycles. The van der Waals surface area contributed by atoms with E-state index in [4.69, 9.17) is 24.7 Å². The highest BCUT2D eigenvalue weighted by molar-refractivity contribution is 5.82. The SMILES string of the molecule is CC(C)(C)OC(=O)N[C@@H](Cc1ccccc1)C(=O)OC[C@H]1O[C@@](C#N)(c2ccc3c(N)ncnn23)[C@H](O)[C@@H]1OC(=O)CC1CCCCC1. The fourth-order valence-electron chi connectivity index (χ4n) is 6.26. The van der Waals surface area contributed by atoms with Crippen LogP contribution < -0.4 is 11.1 Å². The second-order valence-electron chi connectivity index (χ2n) is 13.3. The Morgan fingerprint density at radius 1 is 1.17 bits per heavy atom. The number of amides is 1.